The molecule has 0 fully saturated rings. The van der Waals surface area contributed by atoms with E-state index in [0.717, 1.165) is 22.7 Å². The SMILES string of the molecule is c1ccc(-c2ccc(N(c3ccc(-c4ccc(-c5ccc6ccccc6c5)cc4)cc3)c3cccc4c3-c3ccccc3C43c4ccccc4N(c4ccccc4)c4ccccc43)cc2)cc1. The zero-order valence-corrected chi connectivity index (χ0v) is 36.8. The van der Waals surface area contributed by atoms with E-state index in [0.29, 0.717) is 0 Å². The summed E-state index contributed by atoms with van der Waals surface area (Å²) in [6.45, 7) is 0. The smallest absolute Gasteiger partial charge is 0.0755 e. The molecule has 0 bridgehead atoms. The average molecular weight is 853 g/mol. The van der Waals surface area contributed by atoms with Crippen LogP contribution >= 0.6 is 0 Å². The van der Waals surface area contributed by atoms with E-state index in [1.165, 1.54) is 88.9 Å². The fourth-order valence-electron chi connectivity index (χ4n) is 11.1. The molecule has 0 N–H and O–H groups in total. The molecule has 67 heavy (non-hydrogen) atoms. The quantitative estimate of drug-likeness (QED) is 0.158. The summed E-state index contributed by atoms with van der Waals surface area (Å²) in [6, 6.07) is 98.1. The molecule has 1 spiro atoms. The Morgan fingerprint density at radius 3 is 1.37 bits per heavy atom. The van der Waals surface area contributed by atoms with Gasteiger partial charge in [0.1, 0.15) is 0 Å². The van der Waals surface area contributed by atoms with Crippen molar-refractivity contribution in [3.63, 3.8) is 0 Å². The Labute approximate surface area is 391 Å². The molecule has 0 aromatic heterocycles. The number of hydrogen-bond acceptors (Lipinski definition) is 2. The van der Waals surface area contributed by atoms with Crippen molar-refractivity contribution in [2.24, 2.45) is 0 Å². The predicted octanol–water partition coefficient (Wildman–Crippen LogP) is 17.5. The van der Waals surface area contributed by atoms with Crippen LogP contribution < -0.4 is 9.80 Å². The zero-order chi connectivity index (χ0) is 44.3. The van der Waals surface area contributed by atoms with Gasteiger partial charge in [-0.2, -0.15) is 0 Å². The summed E-state index contributed by atoms with van der Waals surface area (Å²) in [7, 11) is 0. The summed E-state index contributed by atoms with van der Waals surface area (Å²) in [5, 5.41) is 2.51. The maximum atomic E-state index is 2.47. The van der Waals surface area contributed by atoms with Gasteiger partial charge < -0.3 is 9.80 Å². The van der Waals surface area contributed by atoms with Gasteiger partial charge in [-0.05, 0) is 133 Å². The molecule has 314 valence electrons. The number of para-hydroxylation sites is 3. The van der Waals surface area contributed by atoms with Crippen molar-refractivity contribution in [1.29, 1.82) is 0 Å². The minimum atomic E-state index is -0.563. The number of anilines is 6. The summed E-state index contributed by atoms with van der Waals surface area (Å²) in [4.78, 5) is 4.91. The molecule has 11 aromatic rings. The number of rotatable bonds is 7. The second-order valence-electron chi connectivity index (χ2n) is 17.6. The molecular formula is C65H44N2. The highest BCUT2D eigenvalue weighted by Gasteiger charge is 2.52. The summed E-state index contributed by atoms with van der Waals surface area (Å²) in [6.07, 6.45) is 0. The van der Waals surface area contributed by atoms with Gasteiger partial charge in [0.05, 0.1) is 22.5 Å². The fourth-order valence-corrected chi connectivity index (χ4v) is 11.1. The van der Waals surface area contributed by atoms with Gasteiger partial charge in [-0.1, -0.05) is 206 Å². The van der Waals surface area contributed by atoms with E-state index < -0.39 is 5.41 Å². The topological polar surface area (TPSA) is 6.48 Å². The molecular weight excluding hydrogens is 809 g/mol. The lowest BCUT2D eigenvalue weighted by Gasteiger charge is -2.45. The Balaban J connectivity index is 0.973. The third-order valence-corrected chi connectivity index (χ3v) is 14.1. The Morgan fingerprint density at radius 1 is 0.299 bits per heavy atom. The first-order valence-electron chi connectivity index (χ1n) is 23.2. The van der Waals surface area contributed by atoms with Gasteiger partial charge >= 0.3 is 0 Å². The van der Waals surface area contributed by atoms with E-state index >= 15 is 0 Å². The van der Waals surface area contributed by atoms with Gasteiger partial charge in [0, 0.05) is 22.6 Å². The second-order valence-corrected chi connectivity index (χ2v) is 17.6. The van der Waals surface area contributed by atoms with E-state index in [-0.39, 0.29) is 0 Å². The van der Waals surface area contributed by atoms with Crippen LogP contribution in [-0.4, -0.2) is 0 Å². The summed E-state index contributed by atoms with van der Waals surface area (Å²) in [5.41, 5.74) is 21.1. The van der Waals surface area contributed by atoms with Crippen molar-refractivity contribution in [3.8, 4) is 44.5 Å². The van der Waals surface area contributed by atoms with Crippen molar-refractivity contribution < 1.29 is 0 Å². The van der Waals surface area contributed by atoms with Crippen molar-refractivity contribution in [3.05, 3.63) is 289 Å². The van der Waals surface area contributed by atoms with Crippen molar-refractivity contribution in [2.75, 3.05) is 9.80 Å². The second kappa shape index (κ2) is 15.8. The molecule has 1 aliphatic heterocycles. The third-order valence-electron chi connectivity index (χ3n) is 14.1. The van der Waals surface area contributed by atoms with Crippen molar-refractivity contribution in [1.82, 2.24) is 0 Å². The highest BCUT2D eigenvalue weighted by molar-refractivity contribution is 6.01. The van der Waals surface area contributed by atoms with Crippen molar-refractivity contribution >= 4 is 44.9 Å². The molecule has 1 aliphatic carbocycles. The number of benzene rings is 11. The maximum Gasteiger partial charge on any atom is 0.0755 e. The number of fused-ring (bicyclic) bond motifs is 10. The van der Waals surface area contributed by atoms with Gasteiger partial charge in [0.2, 0.25) is 0 Å². The molecule has 0 saturated heterocycles. The first-order valence-corrected chi connectivity index (χ1v) is 23.2. The first kappa shape index (κ1) is 38.7. The molecule has 2 heteroatoms. The molecule has 13 rings (SSSR count). The number of nitrogens with zero attached hydrogens (tertiary/aromatic N) is 2. The standard InChI is InChI=1S/C65H44N2/c1-3-16-45(17-4-1)48-36-40-54(41-37-48)66(55-42-38-49(39-43-55)47-30-32-50(33-31-47)52-35-34-46-18-7-8-19-51(46)44-52)63-29-15-26-60-64(63)56-22-9-10-23-57(56)65(60)58-24-11-13-27-61(58)67(53-20-5-2-6-21-53)62-28-14-12-25-59(62)65/h1-44H. The van der Waals surface area contributed by atoms with Crippen LogP contribution in [0.2, 0.25) is 0 Å². The molecule has 2 nitrogen and oxygen atoms in total. The van der Waals surface area contributed by atoms with Crippen molar-refractivity contribution in [2.45, 2.75) is 5.41 Å². The van der Waals surface area contributed by atoms with Crippen LogP contribution in [0.3, 0.4) is 0 Å². The normalized spacial score (nSPS) is 12.9. The molecule has 0 amide bonds. The summed E-state index contributed by atoms with van der Waals surface area (Å²) >= 11 is 0. The zero-order valence-electron chi connectivity index (χ0n) is 36.8. The fraction of sp³-hybridized carbons (Fsp3) is 0.0154. The summed E-state index contributed by atoms with van der Waals surface area (Å²) < 4.78 is 0. The molecule has 0 saturated carbocycles. The monoisotopic (exact) mass is 852 g/mol. The molecule has 11 aromatic carbocycles. The van der Waals surface area contributed by atoms with Crippen LogP contribution in [0.25, 0.3) is 55.3 Å². The van der Waals surface area contributed by atoms with Crippen LogP contribution in [0.1, 0.15) is 22.3 Å². The van der Waals surface area contributed by atoms with Gasteiger partial charge in [-0.25, -0.2) is 0 Å². The minimum absolute atomic E-state index is 0.563. The largest absolute Gasteiger partial charge is 0.310 e. The maximum absolute atomic E-state index is 2.47. The van der Waals surface area contributed by atoms with Gasteiger partial charge in [0.25, 0.3) is 0 Å². The van der Waals surface area contributed by atoms with E-state index in [9.17, 15) is 0 Å². The molecule has 0 unspecified atom stereocenters. The third kappa shape index (κ3) is 6.18. The Kier molecular flexibility index (Phi) is 9.11. The van der Waals surface area contributed by atoms with Crippen LogP contribution in [0.15, 0.2) is 267 Å². The lowest BCUT2D eigenvalue weighted by Crippen LogP contribution is -2.36. The van der Waals surface area contributed by atoms with Gasteiger partial charge in [0.15, 0.2) is 0 Å². The van der Waals surface area contributed by atoms with E-state index in [1.807, 2.05) is 0 Å². The highest BCUT2D eigenvalue weighted by Crippen LogP contribution is 2.65. The van der Waals surface area contributed by atoms with E-state index in [4.69, 9.17) is 0 Å². The minimum Gasteiger partial charge on any atom is -0.310 e. The summed E-state index contributed by atoms with van der Waals surface area (Å²) in [5.74, 6) is 0. The van der Waals surface area contributed by atoms with Gasteiger partial charge in [-0.15, -0.1) is 0 Å². The molecule has 0 radical (unpaired) electrons. The van der Waals surface area contributed by atoms with E-state index in [2.05, 4.69) is 277 Å². The Bertz CT molecular complexity index is 3570. The average Bonchev–Trinajstić information content (AvgIpc) is 3.71. The molecule has 1 heterocycles. The molecule has 0 atom stereocenters. The Morgan fingerprint density at radius 2 is 0.746 bits per heavy atom. The van der Waals surface area contributed by atoms with Crippen LogP contribution in [0.4, 0.5) is 34.1 Å². The lowest BCUT2D eigenvalue weighted by atomic mass is 9.64. The van der Waals surface area contributed by atoms with Gasteiger partial charge in [-0.3, -0.25) is 0 Å². The number of hydrogen-bond donors (Lipinski definition) is 0. The first-order chi connectivity index (χ1) is 33.2. The van der Waals surface area contributed by atoms with Crippen LogP contribution in [0.5, 0.6) is 0 Å². The van der Waals surface area contributed by atoms with Crippen LogP contribution in [-0.2, 0) is 5.41 Å². The lowest BCUT2D eigenvalue weighted by molar-refractivity contribution is 0.752. The van der Waals surface area contributed by atoms with Crippen LogP contribution in [0, 0.1) is 0 Å². The predicted molar refractivity (Wildman–Crippen MR) is 280 cm³/mol. The van der Waals surface area contributed by atoms with E-state index in [1.54, 1.807) is 0 Å². The highest BCUT2D eigenvalue weighted by atomic mass is 15.2. The molecule has 2 aliphatic rings. The Hall–Kier alpha value is -8.72.